The van der Waals surface area contributed by atoms with Gasteiger partial charge in [0.15, 0.2) is 5.96 Å². The van der Waals surface area contributed by atoms with Crippen LogP contribution in [-0.2, 0) is 13.0 Å². The minimum absolute atomic E-state index is 0.286. The molecule has 0 bridgehead atoms. The quantitative estimate of drug-likeness (QED) is 0.495. The fourth-order valence-electron chi connectivity index (χ4n) is 2.53. The topological polar surface area (TPSA) is 54.2 Å². The van der Waals surface area contributed by atoms with Crippen molar-refractivity contribution in [3.05, 3.63) is 70.7 Å². The molecule has 3 rings (SSSR count). The molecule has 3 aromatic rings. The van der Waals surface area contributed by atoms with Crippen molar-refractivity contribution in [3.8, 4) is 5.69 Å². The Kier molecular flexibility index (Phi) is 6.38. The molecule has 0 aliphatic rings. The van der Waals surface area contributed by atoms with Crippen molar-refractivity contribution >= 4 is 17.3 Å². The molecule has 136 valence electrons. The van der Waals surface area contributed by atoms with Crippen LogP contribution in [0.1, 0.15) is 17.4 Å². The largest absolute Gasteiger partial charge is 0.357 e. The van der Waals surface area contributed by atoms with Crippen LogP contribution in [0.4, 0.5) is 4.39 Å². The van der Waals surface area contributed by atoms with E-state index in [2.05, 4.69) is 38.1 Å². The van der Waals surface area contributed by atoms with Crippen LogP contribution >= 0.6 is 11.3 Å². The van der Waals surface area contributed by atoms with Gasteiger partial charge in [-0.15, -0.1) is 11.3 Å². The molecule has 0 saturated heterocycles. The first-order valence-electron chi connectivity index (χ1n) is 8.57. The highest BCUT2D eigenvalue weighted by molar-refractivity contribution is 7.09. The standard InChI is InChI=1S/C19H22FN5S/c1-2-22-19(23-8-7-16-4-3-11-26-16)24-13-15-5-6-18(17(20)12-15)25-10-9-21-14-25/h3-6,9-12,14H,2,7-8,13H2,1H3,(H2,22,23,24). The minimum atomic E-state index is -0.286. The third-order valence-corrected chi connectivity index (χ3v) is 4.74. The van der Waals surface area contributed by atoms with Gasteiger partial charge in [-0.2, -0.15) is 0 Å². The Bertz CT molecular complexity index is 828. The summed E-state index contributed by atoms with van der Waals surface area (Å²) in [4.78, 5) is 9.83. The average molecular weight is 371 g/mol. The summed E-state index contributed by atoms with van der Waals surface area (Å²) < 4.78 is 16.0. The van der Waals surface area contributed by atoms with Gasteiger partial charge in [-0.1, -0.05) is 12.1 Å². The number of thiophene rings is 1. The Morgan fingerprint density at radius 3 is 2.92 bits per heavy atom. The molecule has 0 fully saturated rings. The number of aromatic nitrogens is 2. The number of hydrogen-bond acceptors (Lipinski definition) is 3. The summed E-state index contributed by atoms with van der Waals surface area (Å²) in [5.41, 5.74) is 1.30. The molecule has 0 spiro atoms. The molecule has 0 unspecified atom stereocenters. The predicted octanol–water partition coefficient (Wildman–Crippen LogP) is 3.37. The van der Waals surface area contributed by atoms with Crippen LogP contribution in [0, 0.1) is 5.82 Å². The van der Waals surface area contributed by atoms with Gasteiger partial charge in [0.1, 0.15) is 5.82 Å². The normalized spacial score (nSPS) is 11.5. The molecule has 0 aliphatic carbocycles. The van der Waals surface area contributed by atoms with E-state index < -0.39 is 0 Å². The van der Waals surface area contributed by atoms with E-state index in [4.69, 9.17) is 0 Å². The number of halogens is 1. The second kappa shape index (κ2) is 9.15. The van der Waals surface area contributed by atoms with Gasteiger partial charge in [0, 0.05) is 30.4 Å². The van der Waals surface area contributed by atoms with Crippen molar-refractivity contribution in [2.45, 2.75) is 19.9 Å². The van der Waals surface area contributed by atoms with Crippen molar-refractivity contribution in [1.82, 2.24) is 20.2 Å². The maximum Gasteiger partial charge on any atom is 0.191 e. The van der Waals surface area contributed by atoms with E-state index >= 15 is 0 Å². The van der Waals surface area contributed by atoms with E-state index in [9.17, 15) is 4.39 Å². The smallest absolute Gasteiger partial charge is 0.191 e. The lowest BCUT2D eigenvalue weighted by atomic mass is 10.2. The Labute approximate surface area is 156 Å². The van der Waals surface area contributed by atoms with E-state index in [1.165, 1.54) is 10.9 Å². The first-order chi connectivity index (χ1) is 12.8. The third kappa shape index (κ3) is 4.92. The van der Waals surface area contributed by atoms with Gasteiger partial charge < -0.3 is 15.2 Å². The number of aliphatic imine (C=N–C) groups is 1. The third-order valence-electron chi connectivity index (χ3n) is 3.80. The maximum absolute atomic E-state index is 14.3. The van der Waals surface area contributed by atoms with E-state index in [1.807, 2.05) is 13.0 Å². The van der Waals surface area contributed by atoms with Crippen LogP contribution in [0.25, 0.3) is 5.69 Å². The Balaban J connectivity index is 1.60. The number of nitrogens with zero attached hydrogens (tertiary/aromatic N) is 3. The van der Waals surface area contributed by atoms with Gasteiger partial charge >= 0.3 is 0 Å². The summed E-state index contributed by atoms with van der Waals surface area (Å²) in [6, 6.07) is 9.34. The number of hydrogen-bond donors (Lipinski definition) is 2. The Morgan fingerprint density at radius 1 is 1.31 bits per heavy atom. The molecule has 0 saturated carbocycles. The molecule has 1 aromatic carbocycles. The highest BCUT2D eigenvalue weighted by Crippen LogP contribution is 2.15. The molecule has 0 amide bonds. The molecule has 2 N–H and O–H groups in total. The molecule has 2 aromatic heterocycles. The van der Waals surface area contributed by atoms with Crippen LogP contribution in [0.2, 0.25) is 0 Å². The van der Waals surface area contributed by atoms with Crippen LogP contribution in [-0.4, -0.2) is 28.6 Å². The van der Waals surface area contributed by atoms with Crippen molar-refractivity contribution in [1.29, 1.82) is 0 Å². The van der Waals surface area contributed by atoms with E-state index in [-0.39, 0.29) is 5.82 Å². The summed E-state index contributed by atoms with van der Waals surface area (Å²) in [5, 5.41) is 8.61. The van der Waals surface area contributed by atoms with Crippen molar-refractivity contribution in [2.75, 3.05) is 13.1 Å². The van der Waals surface area contributed by atoms with Gasteiger partial charge in [-0.3, -0.25) is 0 Å². The minimum Gasteiger partial charge on any atom is -0.357 e. The lowest BCUT2D eigenvalue weighted by molar-refractivity contribution is 0.615. The van der Waals surface area contributed by atoms with Gasteiger partial charge in [-0.05, 0) is 42.5 Å². The lowest BCUT2D eigenvalue weighted by Crippen LogP contribution is -2.38. The van der Waals surface area contributed by atoms with E-state index in [0.29, 0.717) is 12.2 Å². The summed E-state index contributed by atoms with van der Waals surface area (Å²) in [6.07, 6.45) is 5.88. The predicted molar refractivity (Wildman–Crippen MR) is 104 cm³/mol. The van der Waals surface area contributed by atoms with Gasteiger partial charge in [0.25, 0.3) is 0 Å². The second-order valence-corrected chi connectivity index (χ2v) is 6.74. The Hall–Kier alpha value is -2.67. The van der Waals surface area contributed by atoms with Gasteiger partial charge in [0.2, 0.25) is 0 Å². The number of rotatable bonds is 7. The van der Waals surface area contributed by atoms with Crippen LogP contribution in [0.3, 0.4) is 0 Å². The Morgan fingerprint density at radius 2 is 2.23 bits per heavy atom. The fraction of sp³-hybridized carbons (Fsp3) is 0.263. The molecule has 5 nitrogen and oxygen atoms in total. The van der Waals surface area contributed by atoms with Crippen LogP contribution in [0.15, 0.2) is 59.4 Å². The summed E-state index contributed by atoms with van der Waals surface area (Å²) in [5.74, 6) is 0.453. The zero-order valence-corrected chi connectivity index (χ0v) is 15.5. The van der Waals surface area contributed by atoms with Crippen molar-refractivity contribution in [3.63, 3.8) is 0 Å². The zero-order chi connectivity index (χ0) is 18.2. The zero-order valence-electron chi connectivity index (χ0n) is 14.7. The van der Waals surface area contributed by atoms with Crippen molar-refractivity contribution in [2.24, 2.45) is 4.99 Å². The molecular weight excluding hydrogens is 349 g/mol. The monoisotopic (exact) mass is 371 g/mol. The second-order valence-electron chi connectivity index (χ2n) is 5.71. The number of guanidine groups is 1. The first-order valence-corrected chi connectivity index (χ1v) is 9.45. The van der Waals surface area contributed by atoms with Crippen LogP contribution in [0.5, 0.6) is 0 Å². The lowest BCUT2D eigenvalue weighted by Gasteiger charge is -2.11. The molecule has 0 radical (unpaired) electrons. The van der Waals surface area contributed by atoms with Gasteiger partial charge in [0.05, 0.1) is 18.6 Å². The first kappa shape index (κ1) is 18.1. The molecule has 26 heavy (non-hydrogen) atoms. The fourth-order valence-corrected chi connectivity index (χ4v) is 3.24. The van der Waals surface area contributed by atoms with Gasteiger partial charge in [-0.25, -0.2) is 14.4 Å². The maximum atomic E-state index is 14.3. The number of imidazole rings is 1. The number of benzene rings is 1. The van der Waals surface area contributed by atoms with Crippen LogP contribution < -0.4 is 10.6 Å². The summed E-state index contributed by atoms with van der Waals surface area (Å²) >= 11 is 1.75. The highest BCUT2D eigenvalue weighted by Gasteiger charge is 2.06. The van der Waals surface area contributed by atoms with Crippen molar-refractivity contribution < 1.29 is 4.39 Å². The molecular formula is C19H22FN5S. The highest BCUT2D eigenvalue weighted by atomic mass is 32.1. The molecule has 0 atom stereocenters. The summed E-state index contributed by atoms with van der Waals surface area (Å²) in [7, 11) is 0. The molecule has 0 aliphatic heterocycles. The van der Waals surface area contributed by atoms with E-state index in [1.54, 1.807) is 40.7 Å². The molecule has 7 heteroatoms. The average Bonchev–Trinajstić information content (AvgIpc) is 3.33. The van der Waals surface area contributed by atoms with E-state index in [0.717, 1.165) is 31.0 Å². The SMILES string of the molecule is CCNC(=NCc1ccc(-n2ccnc2)c(F)c1)NCCc1cccs1. The summed E-state index contributed by atoms with van der Waals surface area (Å²) in [6.45, 7) is 4.02. The molecule has 2 heterocycles. The number of nitrogens with one attached hydrogen (secondary N) is 2.